The predicted molar refractivity (Wildman–Crippen MR) is 89.7 cm³/mol. The molecule has 3 aromatic rings. The van der Waals surface area contributed by atoms with Gasteiger partial charge in [-0.25, -0.2) is 23.8 Å². The Morgan fingerprint density at radius 2 is 2.08 bits per heavy atom. The van der Waals surface area contributed by atoms with Crippen molar-refractivity contribution in [1.29, 1.82) is 0 Å². The molecule has 0 spiro atoms. The maximum absolute atomic E-state index is 13.3. The predicted octanol–water partition coefficient (Wildman–Crippen LogP) is 3.07. The lowest BCUT2D eigenvalue weighted by Crippen LogP contribution is -2.38. The summed E-state index contributed by atoms with van der Waals surface area (Å²) < 4.78 is 20.8. The lowest BCUT2D eigenvalue weighted by atomic mass is 10.1. The summed E-state index contributed by atoms with van der Waals surface area (Å²) in [5, 5.41) is 14.1. The molecule has 1 fully saturated rings. The summed E-state index contributed by atoms with van der Waals surface area (Å²) in [7, 11) is 0. The molecule has 0 atom stereocenters. The Hall–Kier alpha value is -3.23. The van der Waals surface area contributed by atoms with E-state index in [0.717, 1.165) is 0 Å². The molecule has 1 aliphatic rings. The van der Waals surface area contributed by atoms with Gasteiger partial charge in [0.2, 0.25) is 5.88 Å². The summed E-state index contributed by atoms with van der Waals surface area (Å²) in [6.07, 6.45) is 3.41. The van der Waals surface area contributed by atoms with Gasteiger partial charge in [-0.05, 0) is 25.0 Å². The quantitative estimate of drug-likeness (QED) is 0.774. The first-order valence-corrected chi connectivity index (χ1v) is 8.21. The summed E-state index contributed by atoms with van der Waals surface area (Å²) in [5.74, 6) is 0.246. The van der Waals surface area contributed by atoms with E-state index >= 15 is 0 Å². The molecular formula is C17H16FN5O3. The number of halogens is 1. The molecule has 0 saturated carbocycles. The molecule has 0 aliphatic carbocycles. The van der Waals surface area contributed by atoms with E-state index in [-0.39, 0.29) is 6.04 Å². The highest BCUT2D eigenvalue weighted by atomic mass is 19.1. The first-order chi connectivity index (χ1) is 12.6. The monoisotopic (exact) mass is 357 g/mol. The maximum Gasteiger partial charge on any atom is 0.407 e. The third kappa shape index (κ3) is 3.03. The molecule has 2 aromatic heterocycles. The van der Waals surface area contributed by atoms with Crippen molar-refractivity contribution in [2.75, 3.05) is 13.1 Å². The van der Waals surface area contributed by atoms with Gasteiger partial charge in [0.1, 0.15) is 23.3 Å². The number of hydrogen-bond acceptors (Lipinski definition) is 5. The van der Waals surface area contributed by atoms with Crippen LogP contribution >= 0.6 is 0 Å². The lowest BCUT2D eigenvalue weighted by Gasteiger charge is -2.30. The van der Waals surface area contributed by atoms with Gasteiger partial charge in [-0.3, -0.25) is 0 Å². The molecule has 134 valence electrons. The van der Waals surface area contributed by atoms with Crippen molar-refractivity contribution >= 4 is 17.1 Å². The van der Waals surface area contributed by atoms with Crippen molar-refractivity contribution in [2.45, 2.75) is 18.9 Å². The highest BCUT2D eigenvalue weighted by Gasteiger charge is 2.26. The molecule has 1 aromatic carbocycles. The van der Waals surface area contributed by atoms with Crippen LogP contribution in [0.3, 0.4) is 0 Å². The molecule has 0 unspecified atom stereocenters. The van der Waals surface area contributed by atoms with Gasteiger partial charge in [-0.1, -0.05) is 6.07 Å². The Balaban J connectivity index is 1.60. The minimum absolute atomic E-state index is 0.0556. The minimum atomic E-state index is -0.901. The van der Waals surface area contributed by atoms with Crippen LogP contribution < -0.4 is 4.74 Å². The van der Waals surface area contributed by atoms with Crippen LogP contribution in [0.4, 0.5) is 9.18 Å². The maximum atomic E-state index is 13.3. The van der Waals surface area contributed by atoms with Gasteiger partial charge in [-0.2, -0.15) is 5.10 Å². The van der Waals surface area contributed by atoms with Gasteiger partial charge in [0.15, 0.2) is 5.65 Å². The van der Waals surface area contributed by atoms with Crippen LogP contribution in [0.15, 0.2) is 36.8 Å². The van der Waals surface area contributed by atoms with E-state index in [2.05, 4.69) is 15.1 Å². The van der Waals surface area contributed by atoms with Gasteiger partial charge >= 0.3 is 6.09 Å². The van der Waals surface area contributed by atoms with Crippen molar-refractivity contribution in [3.8, 4) is 11.6 Å². The molecule has 1 amide bonds. The fraction of sp³-hybridized carbons (Fsp3) is 0.294. The van der Waals surface area contributed by atoms with Crippen LogP contribution in [-0.2, 0) is 0 Å². The van der Waals surface area contributed by atoms with E-state index in [1.54, 1.807) is 23.0 Å². The van der Waals surface area contributed by atoms with Gasteiger partial charge in [0, 0.05) is 19.2 Å². The van der Waals surface area contributed by atoms with Crippen LogP contribution in [0.25, 0.3) is 11.0 Å². The molecule has 0 radical (unpaired) electrons. The Kier molecular flexibility index (Phi) is 4.11. The van der Waals surface area contributed by atoms with Crippen molar-refractivity contribution in [3.05, 3.63) is 42.6 Å². The van der Waals surface area contributed by atoms with Gasteiger partial charge < -0.3 is 14.7 Å². The highest BCUT2D eigenvalue weighted by molar-refractivity contribution is 5.80. The number of carbonyl (C=O) groups is 1. The number of amides is 1. The van der Waals surface area contributed by atoms with Crippen molar-refractivity contribution in [1.82, 2.24) is 24.6 Å². The number of piperidine rings is 1. The second-order valence-electron chi connectivity index (χ2n) is 6.07. The van der Waals surface area contributed by atoms with E-state index in [0.29, 0.717) is 48.6 Å². The average Bonchev–Trinajstić information content (AvgIpc) is 3.07. The smallest absolute Gasteiger partial charge is 0.407 e. The zero-order chi connectivity index (χ0) is 18.1. The summed E-state index contributed by atoms with van der Waals surface area (Å²) in [4.78, 5) is 20.9. The van der Waals surface area contributed by atoms with Crippen LogP contribution in [-0.4, -0.2) is 48.9 Å². The summed E-state index contributed by atoms with van der Waals surface area (Å²) >= 11 is 0. The summed E-state index contributed by atoms with van der Waals surface area (Å²) in [6, 6.07) is 5.87. The molecule has 26 heavy (non-hydrogen) atoms. The number of fused-ring (bicyclic) bond motifs is 1. The first kappa shape index (κ1) is 16.2. The number of rotatable bonds is 3. The molecule has 1 N–H and O–H groups in total. The van der Waals surface area contributed by atoms with Gasteiger partial charge in [0.25, 0.3) is 0 Å². The van der Waals surface area contributed by atoms with Crippen LogP contribution in [0.2, 0.25) is 0 Å². The van der Waals surface area contributed by atoms with Crippen LogP contribution in [0.1, 0.15) is 18.9 Å². The Morgan fingerprint density at radius 3 is 2.81 bits per heavy atom. The zero-order valence-electron chi connectivity index (χ0n) is 13.7. The van der Waals surface area contributed by atoms with Crippen molar-refractivity contribution < 1.29 is 19.0 Å². The number of hydrogen-bond donors (Lipinski definition) is 1. The number of aromatic nitrogens is 4. The van der Waals surface area contributed by atoms with Crippen LogP contribution in [0, 0.1) is 5.82 Å². The molecule has 8 nitrogen and oxygen atoms in total. The third-order valence-electron chi connectivity index (χ3n) is 4.45. The fourth-order valence-electron chi connectivity index (χ4n) is 3.13. The number of nitrogens with zero attached hydrogens (tertiary/aromatic N) is 5. The van der Waals surface area contributed by atoms with Gasteiger partial charge in [0.05, 0.1) is 12.2 Å². The van der Waals surface area contributed by atoms with E-state index in [1.807, 2.05) is 0 Å². The van der Waals surface area contributed by atoms with E-state index in [4.69, 9.17) is 9.84 Å². The Morgan fingerprint density at radius 1 is 1.27 bits per heavy atom. The van der Waals surface area contributed by atoms with Crippen LogP contribution in [0.5, 0.6) is 11.6 Å². The summed E-state index contributed by atoms with van der Waals surface area (Å²) in [5.41, 5.74) is 0.611. The zero-order valence-corrected chi connectivity index (χ0v) is 13.7. The number of carboxylic acid groups (broad SMARTS) is 1. The molecule has 9 heteroatoms. The van der Waals surface area contributed by atoms with E-state index in [9.17, 15) is 9.18 Å². The summed E-state index contributed by atoms with van der Waals surface area (Å²) in [6.45, 7) is 0.915. The minimum Gasteiger partial charge on any atom is -0.465 e. The Labute approximate surface area is 147 Å². The number of likely N-dealkylation sites (tertiary alicyclic amines) is 1. The van der Waals surface area contributed by atoms with Crippen molar-refractivity contribution in [2.24, 2.45) is 0 Å². The fourth-order valence-corrected chi connectivity index (χ4v) is 3.13. The van der Waals surface area contributed by atoms with Crippen molar-refractivity contribution in [3.63, 3.8) is 0 Å². The normalized spacial score (nSPS) is 15.3. The molecular weight excluding hydrogens is 341 g/mol. The third-order valence-corrected chi connectivity index (χ3v) is 4.45. The number of ether oxygens (including phenoxy) is 1. The van der Waals surface area contributed by atoms with Gasteiger partial charge in [-0.15, -0.1) is 0 Å². The lowest BCUT2D eigenvalue weighted by molar-refractivity contribution is 0.124. The molecule has 1 aliphatic heterocycles. The topological polar surface area (TPSA) is 93.4 Å². The average molecular weight is 357 g/mol. The molecule has 1 saturated heterocycles. The Bertz CT molecular complexity index is 952. The second kappa shape index (κ2) is 6.58. The SMILES string of the molecule is O=C(O)N1CCC(n2ncc3c(Oc4cccc(F)c4)ncnc32)CC1. The second-order valence-corrected chi connectivity index (χ2v) is 6.07. The molecule has 3 heterocycles. The van der Waals surface area contributed by atoms with E-state index < -0.39 is 11.9 Å². The van der Waals surface area contributed by atoms with E-state index in [1.165, 1.54) is 23.4 Å². The highest BCUT2D eigenvalue weighted by Crippen LogP contribution is 2.30. The number of benzene rings is 1. The molecule has 0 bridgehead atoms. The standard InChI is InChI=1S/C17H16FN5O3/c18-11-2-1-3-13(8-11)26-16-14-9-21-23(15(14)19-10-20-16)12-4-6-22(7-5-12)17(24)25/h1-3,8-10,12H,4-7H2,(H,24,25). The molecule has 4 rings (SSSR count). The first-order valence-electron chi connectivity index (χ1n) is 8.21. The largest absolute Gasteiger partial charge is 0.465 e.